The van der Waals surface area contributed by atoms with Crippen LogP contribution in [0, 0.1) is 0 Å². The van der Waals surface area contributed by atoms with Crippen molar-refractivity contribution in [1.82, 2.24) is 9.97 Å². The number of ether oxygens (including phenoxy) is 1. The summed E-state index contributed by atoms with van der Waals surface area (Å²) in [5, 5.41) is 3.70. The lowest BCUT2D eigenvalue weighted by molar-refractivity contribution is 0.0844. The Morgan fingerprint density at radius 2 is 1.64 bits per heavy atom. The van der Waals surface area contributed by atoms with Crippen molar-refractivity contribution < 1.29 is 4.74 Å². The quantitative estimate of drug-likeness (QED) is 0.913. The van der Waals surface area contributed by atoms with Crippen LogP contribution in [0.1, 0.15) is 81.1 Å². The summed E-state index contributed by atoms with van der Waals surface area (Å²) < 4.78 is 5.50. The summed E-state index contributed by atoms with van der Waals surface area (Å²) in [6.45, 7) is 1.75. The summed E-state index contributed by atoms with van der Waals surface area (Å²) in [6, 6.07) is 2.83. The molecule has 1 aromatic rings. The lowest BCUT2D eigenvalue weighted by atomic mass is 9.94. The average Bonchev–Trinajstić information content (AvgIpc) is 3.41. The van der Waals surface area contributed by atoms with Gasteiger partial charge in [-0.05, 0) is 38.5 Å². The molecule has 1 N–H and O–H groups in total. The second-order valence-electron chi connectivity index (χ2n) is 7.18. The SMILES string of the molecule is c1c(NC2CCCCC2)nc(C2CC2)nc1C1CCOCC1. The molecule has 3 fully saturated rings. The maximum absolute atomic E-state index is 5.50. The Labute approximate surface area is 133 Å². The zero-order chi connectivity index (χ0) is 14.8. The predicted octanol–water partition coefficient (Wildman–Crippen LogP) is 3.99. The molecular formula is C18H27N3O. The standard InChI is InChI=1S/C18H27N3O/c1-2-4-15(5-3-1)19-17-12-16(13-8-10-22-11-9-13)20-18(21-17)14-6-7-14/h12-15H,1-11H2,(H,19,20,21). The fourth-order valence-corrected chi connectivity index (χ4v) is 3.74. The molecule has 120 valence electrons. The van der Waals surface area contributed by atoms with Gasteiger partial charge in [-0.2, -0.15) is 0 Å². The van der Waals surface area contributed by atoms with Crippen LogP contribution in [0.3, 0.4) is 0 Å². The number of anilines is 1. The van der Waals surface area contributed by atoms with Gasteiger partial charge in [0, 0.05) is 42.9 Å². The maximum Gasteiger partial charge on any atom is 0.134 e. The van der Waals surface area contributed by atoms with E-state index in [0.29, 0.717) is 17.9 Å². The van der Waals surface area contributed by atoms with Crippen LogP contribution in [-0.4, -0.2) is 29.2 Å². The monoisotopic (exact) mass is 301 g/mol. The minimum Gasteiger partial charge on any atom is -0.381 e. The highest BCUT2D eigenvalue weighted by Crippen LogP contribution is 2.39. The fraction of sp³-hybridized carbons (Fsp3) is 0.778. The van der Waals surface area contributed by atoms with Gasteiger partial charge in [0.25, 0.3) is 0 Å². The molecule has 4 rings (SSSR count). The number of hydrogen-bond donors (Lipinski definition) is 1. The van der Waals surface area contributed by atoms with Gasteiger partial charge < -0.3 is 10.1 Å². The highest BCUT2D eigenvalue weighted by atomic mass is 16.5. The van der Waals surface area contributed by atoms with Crippen molar-refractivity contribution in [2.24, 2.45) is 0 Å². The Morgan fingerprint density at radius 1 is 0.864 bits per heavy atom. The highest BCUT2D eigenvalue weighted by molar-refractivity contribution is 5.39. The normalized spacial score (nSPS) is 24.4. The van der Waals surface area contributed by atoms with Crippen molar-refractivity contribution in [2.45, 2.75) is 75.7 Å². The van der Waals surface area contributed by atoms with Crippen molar-refractivity contribution in [3.8, 4) is 0 Å². The number of hydrogen-bond acceptors (Lipinski definition) is 4. The van der Waals surface area contributed by atoms with Gasteiger partial charge in [-0.3, -0.25) is 0 Å². The summed E-state index contributed by atoms with van der Waals surface area (Å²) in [7, 11) is 0. The van der Waals surface area contributed by atoms with Crippen LogP contribution >= 0.6 is 0 Å². The van der Waals surface area contributed by atoms with Gasteiger partial charge in [0.15, 0.2) is 0 Å². The van der Waals surface area contributed by atoms with Crippen LogP contribution in [-0.2, 0) is 4.74 Å². The average molecular weight is 301 g/mol. The van der Waals surface area contributed by atoms with Crippen molar-refractivity contribution in [1.29, 1.82) is 0 Å². The van der Waals surface area contributed by atoms with Gasteiger partial charge in [-0.1, -0.05) is 19.3 Å². The van der Waals surface area contributed by atoms with Crippen LogP contribution in [0.25, 0.3) is 0 Å². The Kier molecular flexibility index (Phi) is 4.28. The molecule has 22 heavy (non-hydrogen) atoms. The summed E-state index contributed by atoms with van der Waals surface area (Å²) in [4.78, 5) is 9.74. The van der Waals surface area contributed by atoms with E-state index >= 15 is 0 Å². The highest BCUT2D eigenvalue weighted by Gasteiger charge is 2.29. The summed E-state index contributed by atoms with van der Waals surface area (Å²) in [5.74, 6) is 3.33. The minimum absolute atomic E-state index is 0.557. The van der Waals surface area contributed by atoms with Crippen LogP contribution < -0.4 is 5.32 Å². The minimum atomic E-state index is 0.557. The third-order valence-corrected chi connectivity index (χ3v) is 5.30. The fourth-order valence-electron chi connectivity index (χ4n) is 3.74. The van der Waals surface area contributed by atoms with Crippen molar-refractivity contribution in [3.05, 3.63) is 17.6 Å². The molecule has 0 spiro atoms. The maximum atomic E-state index is 5.50. The van der Waals surface area contributed by atoms with Gasteiger partial charge >= 0.3 is 0 Å². The van der Waals surface area contributed by atoms with E-state index < -0.39 is 0 Å². The summed E-state index contributed by atoms with van der Waals surface area (Å²) in [6.07, 6.45) is 11.4. The predicted molar refractivity (Wildman–Crippen MR) is 87.3 cm³/mol. The lowest BCUT2D eigenvalue weighted by Gasteiger charge is -2.25. The van der Waals surface area contributed by atoms with Crippen molar-refractivity contribution in [2.75, 3.05) is 18.5 Å². The molecule has 1 saturated heterocycles. The smallest absolute Gasteiger partial charge is 0.134 e. The second kappa shape index (κ2) is 6.53. The van der Waals surface area contributed by atoms with E-state index in [9.17, 15) is 0 Å². The Balaban J connectivity index is 1.54. The Hall–Kier alpha value is -1.16. The summed E-state index contributed by atoms with van der Waals surface area (Å²) in [5.41, 5.74) is 1.25. The second-order valence-corrected chi connectivity index (χ2v) is 7.18. The number of nitrogens with one attached hydrogen (secondary N) is 1. The molecule has 4 heteroatoms. The number of rotatable bonds is 4. The summed E-state index contributed by atoms with van der Waals surface area (Å²) >= 11 is 0. The van der Waals surface area contributed by atoms with Gasteiger partial charge in [0.05, 0.1) is 0 Å². The van der Waals surface area contributed by atoms with Crippen LogP contribution in [0.2, 0.25) is 0 Å². The molecule has 1 aliphatic heterocycles. The molecule has 2 aliphatic carbocycles. The van der Waals surface area contributed by atoms with Gasteiger partial charge in [-0.15, -0.1) is 0 Å². The Bertz CT molecular complexity index is 503. The zero-order valence-corrected chi connectivity index (χ0v) is 13.4. The first kappa shape index (κ1) is 14.4. The van der Waals surface area contributed by atoms with E-state index in [2.05, 4.69) is 11.4 Å². The number of aromatic nitrogens is 2. The van der Waals surface area contributed by atoms with Gasteiger partial charge in [0.2, 0.25) is 0 Å². The van der Waals surface area contributed by atoms with E-state index in [4.69, 9.17) is 14.7 Å². The van der Waals surface area contributed by atoms with Gasteiger partial charge in [-0.25, -0.2) is 9.97 Å². The first-order valence-electron chi connectivity index (χ1n) is 9.11. The van der Waals surface area contributed by atoms with Crippen molar-refractivity contribution in [3.63, 3.8) is 0 Å². The molecule has 0 aromatic carbocycles. The molecule has 0 atom stereocenters. The van der Waals surface area contributed by atoms with Crippen LogP contribution in [0.15, 0.2) is 6.07 Å². The topological polar surface area (TPSA) is 47.0 Å². The molecule has 1 aromatic heterocycles. The Morgan fingerprint density at radius 3 is 2.36 bits per heavy atom. The molecule has 4 nitrogen and oxygen atoms in total. The third-order valence-electron chi connectivity index (χ3n) is 5.30. The molecule has 0 bridgehead atoms. The first-order chi connectivity index (χ1) is 10.9. The van der Waals surface area contributed by atoms with E-state index in [1.807, 2.05) is 0 Å². The van der Waals surface area contributed by atoms with Crippen molar-refractivity contribution >= 4 is 5.82 Å². The largest absolute Gasteiger partial charge is 0.381 e. The van der Waals surface area contributed by atoms with Gasteiger partial charge in [0.1, 0.15) is 11.6 Å². The van der Waals surface area contributed by atoms with E-state index in [1.165, 1.54) is 50.6 Å². The van der Waals surface area contributed by atoms with E-state index in [0.717, 1.165) is 37.7 Å². The van der Waals surface area contributed by atoms with E-state index in [1.54, 1.807) is 0 Å². The first-order valence-corrected chi connectivity index (χ1v) is 9.11. The van der Waals surface area contributed by atoms with Crippen LogP contribution in [0.5, 0.6) is 0 Å². The molecule has 0 amide bonds. The lowest BCUT2D eigenvalue weighted by Crippen LogP contribution is -2.24. The zero-order valence-electron chi connectivity index (χ0n) is 13.4. The number of nitrogens with zero attached hydrogens (tertiary/aromatic N) is 2. The molecule has 2 saturated carbocycles. The molecule has 0 unspecified atom stereocenters. The van der Waals surface area contributed by atoms with Crippen LogP contribution in [0.4, 0.5) is 5.82 Å². The third kappa shape index (κ3) is 3.43. The molecule has 3 aliphatic rings. The molecule has 2 heterocycles. The van der Waals surface area contributed by atoms with E-state index in [-0.39, 0.29) is 0 Å². The molecular weight excluding hydrogens is 274 g/mol. The molecule has 0 radical (unpaired) electrons.